The maximum atomic E-state index is 14.0. The number of halogens is 3. The van der Waals surface area contributed by atoms with E-state index in [1.54, 1.807) is 54.0 Å². The molecule has 0 radical (unpaired) electrons. The number of nitrogens with one attached hydrogen (secondary N) is 1. The highest BCUT2D eigenvalue weighted by molar-refractivity contribution is 7.10. The molecule has 1 aliphatic heterocycles. The number of aromatic nitrogens is 1. The van der Waals surface area contributed by atoms with E-state index in [0.29, 0.717) is 52.7 Å². The van der Waals surface area contributed by atoms with Gasteiger partial charge in [-0.3, -0.25) is 14.2 Å². The van der Waals surface area contributed by atoms with Crippen molar-refractivity contribution in [2.45, 2.75) is 19.6 Å². The Morgan fingerprint density at radius 3 is 2.53 bits per heavy atom. The number of benzene rings is 3. The highest BCUT2D eigenvalue weighted by Crippen LogP contribution is 2.33. The van der Waals surface area contributed by atoms with Crippen LogP contribution in [0, 0.1) is 0 Å². The number of fused-ring (bicyclic) bond motifs is 1. The van der Waals surface area contributed by atoms with Crippen molar-refractivity contribution >= 4 is 75.1 Å². The van der Waals surface area contributed by atoms with Gasteiger partial charge in [0.1, 0.15) is 18.4 Å². The number of carbonyl (C=O) groups excluding carboxylic acids is 1. The molecule has 3 heterocycles. The molecule has 0 saturated carbocycles. The number of nitrogens with zero attached hydrogens (tertiary/aromatic N) is 2. The second-order valence-electron chi connectivity index (χ2n) is 9.62. The summed E-state index contributed by atoms with van der Waals surface area (Å²) in [6.07, 6.45) is 1.74. The van der Waals surface area contributed by atoms with Crippen LogP contribution in [0.3, 0.4) is 0 Å². The zero-order valence-corrected chi connectivity index (χ0v) is 26.4. The van der Waals surface area contributed by atoms with Crippen LogP contribution in [0.25, 0.3) is 6.08 Å². The highest BCUT2D eigenvalue weighted by Gasteiger charge is 2.33. The average molecular weight is 667 g/mol. The summed E-state index contributed by atoms with van der Waals surface area (Å²) >= 11 is 21.4. The molecule has 1 aliphatic rings. The van der Waals surface area contributed by atoms with E-state index in [0.717, 1.165) is 10.4 Å². The Balaban J connectivity index is 1.41. The Hall–Kier alpha value is -3.66. The molecule has 6 rings (SSSR count). The first-order valence-electron chi connectivity index (χ1n) is 13.1. The lowest BCUT2D eigenvalue weighted by molar-refractivity contribution is -0.113. The molecule has 0 aliphatic carbocycles. The third-order valence-electron chi connectivity index (χ3n) is 6.77. The van der Waals surface area contributed by atoms with E-state index in [1.807, 2.05) is 47.8 Å². The van der Waals surface area contributed by atoms with Crippen molar-refractivity contribution in [2.75, 3.05) is 5.32 Å². The fourth-order valence-electron chi connectivity index (χ4n) is 4.75. The average Bonchev–Trinajstić information content (AvgIpc) is 3.62. The summed E-state index contributed by atoms with van der Waals surface area (Å²) in [7, 11) is 0. The number of allylic oxidation sites excluding steroid dienone is 1. The van der Waals surface area contributed by atoms with Crippen LogP contribution in [0.15, 0.2) is 105 Å². The standard InChI is InChI=1S/C32H22Cl3N3O3S2/c1-18-28(30(39)37-23-6-3-2-4-7-23)29(26-8-5-13-42-26)38-31(40)27(43-32(38)36-18)15-20-14-21(33)11-12-25(20)41-17-19-9-10-22(34)16-24(19)35/h2-16,29H,17H2,1H3,(H,37,39)/b27-15-/t29-/m1/s1. The van der Waals surface area contributed by atoms with Gasteiger partial charge in [0.25, 0.3) is 11.5 Å². The van der Waals surface area contributed by atoms with Crippen molar-refractivity contribution in [3.63, 3.8) is 0 Å². The minimum Gasteiger partial charge on any atom is -0.488 e. The van der Waals surface area contributed by atoms with Gasteiger partial charge in [0, 0.05) is 36.8 Å². The summed E-state index contributed by atoms with van der Waals surface area (Å²) in [5.41, 5.74) is 2.73. The molecular formula is C32H22Cl3N3O3S2. The second-order valence-corrected chi connectivity index (χ2v) is 12.9. The van der Waals surface area contributed by atoms with Gasteiger partial charge in [0.15, 0.2) is 4.80 Å². The molecule has 0 bridgehead atoms. The molecule has 11 heteroatoms. The number of ether oxygens (including phenoxy) is 1. The van der Waals surface area contributed by atoms with Crippen molar-refractivity contribution < 1.29 is 9.53 Å². The molecule has 6 nitrogen and oxygen atoms in total. The Morgan fingerprint density at radius 2 is 1.79 bits per heavy atom. The van der Waals surface area contributed by atoms with Gasteiger partial charge in [-0.1, -0.05) is 76.5 Å². The topological polar surface area (TPSA) is 72.7 Å². The van der Waals surface area contributed by atoms with E-state index in [1.165, 1.54) is 22.7 Å². The van der Waals surface area contributed by atoms with E-state index < -0.39 is 6.04 Å². The summed E-state index contributed by atoms with van der Waals surface area (Å²) in [6.45, 7) is 1.99. The van der Waals surface area contributed by atoms with Gasteiger partial charge in [-0.05, 0) is 66.9 Å². The lowest BCUT2D eigenvalue weighted by Gasteiger charge is -2.24. The van der Waals surface area contributed by atoms with E-state index in [2.05, 4.69) is 5.32 Å². The van der Waals surface area contributed by atoms with Crippen LogP contribution in [0.4, 0.5) is 5.69 Å². The third-order valence-corrected chi connectivity index (χ3v) is 9.50. The first kappa shape index (κ1) is 29.4. The van der Waals surface area contributed by atoms with Crippen LogP contribution < -0.4 is 24.9 Å². The smallest absolute Gasteiger partial charge is 0.271 e. The molecule has 1 amide bonds. The van der Waals surface area contributed by atoms with Crippen LogP contribution in [-0.4, -0.2) is 10.5 Å². The zero-order valence-electron chi connectivity index (χ0n) is 22.5. The fraction of sp³-hybridized carbons (Fsp3) is 0.0938. The van der Waals surface area contributed by atoms with Crippen molar-refractivity contribution in [1.29, 1.82) is 0 Å². The van der Waals surface area contributed by atoms with E-state index in [-0.39, 0.29) is 18.1 Å². The van der Waals surface area contributed by atoms with Crippen LogP contribution in [0.2, 0.25) is 15.1 Å². The normalized spacial score (nSPS) is 14.8. The maximum absolute atomic E-state index is 14.0. The number of amides is 1. The van der Waals surface area contributed by atoms with Crippen molar-refractivity contribution in [1.82, 2.24) is 4.57 Å². The minimum atomic E-state index is -0.635. The number of thiazole rings is 1. The van der Waals surface area contributed by atoms with Gasteiger partial charge >= 0.3 is 0 Å². The van der Waals surface area contributed by atoms with E-state index >= 15 is 0 Å². The molecule has 1 atom stereocenters. The Labute approximate surface area is 269 Å². The van der Waals surface area contributed by atoms with Gasteiger partial charge in [-0.15, -0.1) is 11.3 Å². The third kappa shape index (κ3) is 6.20. The van der Waals surface area contributed by atoms with E-state index in [4.69, 9.17) is 44.5 Å². The summed E-state index contributed by atoms with van der Waals surface area (Å²) in [4.78, 5) is 33.7. The van der Waals surface area contributed by atoms with Gasteiger partial charge in [-0.2, -0.15) is 0 Å². The van der Waals surface area contributed by atoms with Crippen molar-refractivity contribution in [3.05, 3.63) is 146 Å². The van der Waals surface area contributed by atoms with Crippen LogP contribution in [-0.2, 0) is 11.4 Å². The summed E-state index contributed by atoms with van der Waals surface area (Å²) in [5, 5.41) is 6.40. The summed E-state index contributed by atoms with van der Waals surface area (Å²) in [6, 6.07) is 22.8. The number of hydrogen-bond acceptors (Lipinski definition) is 6. The quantitative estimate of drug-likeness (QED) is 0.196. The lowest BCUT2D eigenvalue weighted by Crippen LogP contribution is -2.40. The number of hydrogen-bond donors (Lipinski definition) is 1. The Bertz CT molecular complexity index is 2050. The van der Waals surface area contributed by atoms with Gasteiger partial charge < -0.3 is 10.1 Å². The van der Waals surface area contributed by atoms with Crippen LogP contribution in [0.1, 0.15) is 29.0 Å². The summed E-state index contributed by atoms with van der Waals surface area (Å²) < 4.78 is 8.13. The Morgan fingerprint density at radius 1 is 1.02 bits per heavy atom. The highest BCUT2D eigenvalue weighted by atomic mass is 35.5. The largest absolute Gasteiger partial charge is 0.488 e. The van der Waals surface area contributed by atoms with Crippen LogP contribution in [0.5, 0.6) is 5.75 Å². The predicted molar refractivity (Wildman–Crippen MR) is 175 cm³/mol. The van der Waals surface area contributed by atoms with Gasteiger partial charge in [0.2, 0.25) is 0 Å². The first-order valence-corrected chi connectivity index (χ1v) is 15.9. The molecule has 0 unspecified atom stereocenters. The van der Waals surface area contributed by atoms with Crippen LogP contribution >= 0.6 is 57.5 Å². The molecular weight excluding hydrogens is 645 g/mol. The SMILES string of the molecule is CC1=C(C(=O)Nc2ccccc2)[C@@H](c2cccs2)n2c(s/c(=C\c3cc(Cl)ccc3OCc3ccc(Cl)cc3Cl)c2=O)=N1. The number of carbonyl (C=O) groups is 1. The molecule has 0 spiro atoms. The first-order chi connectivity index (χ1) is 20.8. The molecule has 43 heavy (non-hydrogen) atoms. The fourth-order valence-corrected chi connectivity index (χ4v) is 7.25. The molecule has 0 fully saturated rings. The molecule has 5 aromatic rings. The molecule has 0 saturated heterocycles. The van der Waals surface area contributed by atoms with E-state index in [9.17, 15) is 9.59 Å². The number of thiophene rings is 1. The predicted octanol–water partition coefficient (Wildman–Crippen LogP) is 7.47. The molecule has 2 aromatic heterocycles. The van der Waals surface area contributed by atoms with Gasteiger partial charge in [0.05, 0.1) is 15.8 Å². The number of anilines is 1. The monoisotopic (exact) mass is 665 g/mol. The Kier molecular flexibility index (Phi) is 8.56. The number of para-hydroxylation sites is 1. The zero-order chi connectivity index (χ0) is 30.1. The van der Waals surface area contributed by atoms with Crippen molar-refractivity contribution in [2.24, 2.45) is 4.99 Å². The lowest BCUT2D eigenvalue weighted by atomic mass is 10.0. The molecule has 3 aromatic carbocycles. The number of rotatable bonds is 7. The molecule has 1 N–H and O–H groups in total. The van der Waals surface area contributed by atoms with Gasteiger partial charge in [-0.25, -0.2) is 4.99 Å². The van der Waals surface area contributed by atoms with Crippen molar-refractivity contribution in [3.8, 4) is 5.75 Å². The minimum absolute atomic E-state index is 0.192. The second kappa shape index (κ2) is 12.5. The molecule has 216 valence electrons. The summed E-state index contributed by atoms with van der Waals surface area (Å²) in [5.74, 6) is 0.210. The maximum Gasteiger partial charge on any atom is 0.271 e.